The van der Waals surface area contributed by atoms with Crippen molar-refractivity contribution in [1.29, 1.82) is 0 Å². The fourth-order valence-electron chi connectivity index (χ4n) is 1.98. The highest BCUT2D eigenvalue weighted by atomic mass is 79.9. The summed E-state index contributed by atoms with van der Waals surface area (Å²) < 4.78 is 5.77. The van der Waals surface area contributed by atoms with Crippen molar-refractivity contribution >= 4 is 44.9 Å². The Morgan fingerprint density at radius 1 is 0.783 bits per heavy atom. The Morgan fingerprint density at radius 3 is 2.09 bits per heavy atom. The molecule has 0 aliphatic rings. The van der Waals surface area contributed by atoms with Crippen molar-refractivity contribution in [2.45, 2.75) is 0 Å². The minimum absolute atomic E-state index is 0.365. The lowest BCUT2D eigenvalue weighted by Crippen LogP contribution is -2.18. The molecule has 0 radical (unpaired) electrons. The lowest BCUT2D eigenvalue weighted by atomic mass is 10.2. The van der Waals surface area contributed by atoms with Crippen LogP contribution in [0.5, 0.6) is 0 Å². The standard InChI is InChI=1S/C17H14BrN3O2/c18-15-10-11-16(23-15)21-17(22)20-14-8-6-13(7-9-14)19-12-4-2-1-3-5-12/h1-11,19H,(H2,20,21,22). The van der Waals surface area contributed by atoms with Gasteiger partial charge in [-0.05, 0) is 58.4 Å². The van der Waals surface area contributed by atoms with Crippen molar-refractivity contribution in [3.8, 4) is 0 Å². The van der Waals surface area contributed by atoms with Gasteiger partial charge in [-0.3, -0.25) is 5.32 Å². The number of amides is 2. The summed E-state index contributed by atoms with van der Waals surface area (Å²) in [4.78, 5) is 11.9. The van der Waals surface area contributed by atoms with Gasteiger partial charge in [-0.25, -0.2) is 4.79 Å². The number of urea groups is 1. The number of para-hydroxylation sites is 1. The van der Waals surface area contributed by atoms with Gasteiger partial charge in [-0.2, -0.15) is 0 Å². The number of benzene rings is 2. The summed E-state index contributed by atoms with van der Waals surface area (Å²) in [5.41, 5.74) is 2.64. The molecule has 23 heavy (non-hydrogen) atoms. The van der Waals surface area contributed by atoms with Crippen molar-refractivity contribution in [3.05, 3.63) is 71.4 Å². The van der Waals surface area contributed by atoms with Gasteiger partial charge in [0.2, 0.25) is 5.88 Å². The van der Waals surface area contributed by atoms with E-state index in [1.54, 1.807) is 12.1 Å². The van der Waals surface area contributed by atoms with Gasteiger partial charge < -0.3 is 15.1 Å². The summed E-state index contributed by atoms with van der Waals surface area (Å²) in [5.74, 6) is 0.372. The zero-order valence-electron chi connectivity index (χ0n) is 12.0. The van der Waals surface area contributed by atoms with E-state index in [4.69, 9.17) is 4.42 Å². The Kier molecular flexibility index (Phi) is 4.63. The molecule has 3 aromatic rings. The van der Waals surface area contributed by atoms with Crippen LogP contribution in [0.4, 0.5) is 27.7 Å². The Morgan fingerprint density at radius 2 is 1.43 bits per heavy atom. The number of halogens is 1. The van der Waals surface area contributed by atoms with E-state index >= 15 is 0 Å². The molecule has 3 N–H and O–H groups in total. The first-order chi connectivity index (χ1) is 11.2. The highest BCUT2D eigenvalue weighted by Gasteiger charge is 2.05. The first kappa shape index (κ1) is 15.2. The van der Waals surface area contributed by atoms with Crippen LogP contribution in [0.2, 0.25) is 0 Å². The number of furan rings is 1. The average molecular weight is 372 g/mol. The van der Waals surface area contributed by atoms with E-state index in [-0.39, 0.29) is 6.03 Å². The molecule has 6 heteroatoms. The van der Waals surface area contributed by atoms with E-state index in [1.807, 2.05) is 54.6 Å². The SMILES string of the molecule is O=C(Nc1ccc(Nc2ccccc2)cc1)Nc1ccc(Br)o1. The number of hydrogen-bond donors (Lipinski definition) is 3. The maximum atomic E-state index is 11.9. The van der Waals surface area contributed by atoms with Crippen LogP contribution in [0.15, 0.2) is 75.8 Å². The lowest BCUT2D eigenvalue weighted by Gasteiger charge is -2.08. The quantitative estimate of drug-likeness (QED) is 0.572. The summed E-state index contributed by atoms with van der Waals surface area (Å²) in [6, 6.07) is 20.3. The maximum Gasteiger partial charge on any atom is 0.326 e. The average Bonchev–Trinajstić information content (AvgIpc) is 2.95. The molecule has 0 unspecified atom stereocenters. The topological polar surface area (TPSA) is 66.3 Å². The van der Waals surface area contributed by atoms with Crippen molar-refractivity contribution in [1.82, 2.24) is 0 Å². The van der Waals surface area contributed by atoms with Gasteiger partial charge in [0.25, 0.3) is 0 Å². The predicted octanol–water partition coefficient (Wildman–Crippen LogP) is 5.43. The molecular formula is C17H14BrN3O2. The number of hydrogen-bond acceptors (Lipinski definition) is 3. The van der Waals surface area contributed by atoms with Gasteiger partial charge in [0.15, 0.2) is 4.67 Å². The van der Waals surface area contributed by atoms with Gasteiger partial charge in [-0.1, -0.05) is 18.2 Å². The molecule has 2 amide bonds. The molecule has 1 aromatic heterocycles. The predicted molar refractivity (Wildman–Crippen MR) is 95.2 cm³/mol. The number of rotatable bonds is 4. The minimum Gasteiger partial charge on any atom is -0.434 e. The molecule has 1 heterocycles. The van der Waals surface area contributed by atoms with Gasteiger partial charge >= 0.3 is 6.03 Å². The maximum absolute atomic E-state index is 11.9. The zero-order valence-corrected chi connectivity index (χ0v) is 13.6. The monoisotopic (exact) mass is 371 g/mol. The Balaban J connectivity index is 1.57. The molecule has 0 atom stereocenters. The number of nitrogens with one attached hydrogen (secondary N) is 3. The van der Waals surface area contributed by atoms with Crippen LogP contribution in [0.25, 0.3) is 0 Å². The molecule has 0 fully saturated rings. The highest BCUT2D eigenvalue weighted by Crippen LogP contribution is 2.20. The first-order valence-electron chi connectivity index (χ1n) is 6.94. The molecular weight excluding hydrogens is 358 g/mol. The van der Waals surface area contributed by atoms with Gasteiger partial charge in [0.1, 0.15) is 0 Å². The smallest absolute Gasteiger partial charge is 0.326 e. The summed E-state index contributed by atoms with van der Waals surface area (Å²) >= 11 is 3.18. The third kappa shape index (κ3) is 4.37. The van der Waals surface area contributed by atoms with E-state index in [0.29, 0.717) is 16.2 Å². The first-order valence-corrected chi connectivity index (χ1v) is 7.74. The van der Waals surface area contributed by atoms with Gasteiger partial charge in [0, 0.05) is 23.1 Å². The second-order valence-electron chi connectivity index (χ2n) is 4.75. The van der Waals surface area contributed by atoms with Crippen LogP contribution >= 0.6 is 15.9 Å². The summed E-state index contributed by atoms with van der Waals surface area (Å²) in [6.45, 7) is 0. The molecule has 0 aliphatic heterocycles. The van der Waals surface area contributed by atoms with Crippen molar-refractivity contribution < 1.29 is 9.21 Å². The Bertz CT molecular complexity index is 785. The van der Waals surface area contributed by atoms with Crippen molar-refractivity contribution in [2.75, 3.05) is 16.0 Å². The van der Waals surface area contributed by atoms with Crippen LogP contribution in [0, 0.1) is 0 Å². The Labute approximate surface area is 141 Å². The zero-order chi connectivity index (χ0) is 16.1. The van der Waals surface area contributed by atoms with E-state index in [9.17, 15) is 4.79 Å². The second kappa shape index (κ2) is 7.02. The second-order valence-corrected chi connectivity index (χ2v) is 5.53. The highest BCUT2D eigenvalue weighted by molar-refractivity contribution is 9.10. The normalized spacial score (nSPS) is 10.1. The molecule has 0 bridgehead atoms. The van der Waals surface area contributed by atoms with E-state index < -0.39 is 0 Å². The number of carbonyl (C=O) groups is 1. The minimum atomic E-state index is -0.365. The molecule has 3 rings (SSSR count). The van der Waals surface area contributed by atoms with Gasteiger partial charge in [0.05, 0.1) is 0 Å². The lowest BCUT2D eigenvalue weighted by molar-refractivity contribution is 0.261. The van der Waals surface area contributed by atoms with Crippen LogP contribution in [-0.2, 0) is 0 Å². The number of carbonyl (C=O) groups excluding carboxylic acids is 1. The summed E-state index contributed by atoms with van der Waals surface area (Å²) in [6.07, 6.45) is 0. The molecule has 116 valence electrons. The molecule has 5 nitrogen and oxygen atoms in total. The van der Waals surface area contributed by atoms with Crippen molar-refractivity contribution in [2.24, 2.45) is 0 Å². The van der Waals surface area contributed by atoms with Crippen LogP contribution < -0.4 is 16.0 Å². The fraction of sp³-hybridized carbons (Fsp3) is 0. The molecule has 2 aromatic carbocycles. The third-order valence-corrected chi connectivity index (χ3v) is 3.44. The van der Waals surface area contributed by atoms with Crippen LogP contribution in [0.3, 0.4) is 0 Å². The fourth-order valence-corrected chi connectivity index (χ4v) is 2.29. The largest absolute Gasteiger partial charge is 0.434 e. The molecule has 0 saturated carbocycles. The number of anilines is 4. The van der Waals surface area contributed by atoms with Gasteiger partial charge in [-0.15, -0.1) is 0 Å². The summed E-state index contributed by atoms with van der Waals surface area (Å²) in [7, 11) is 0. The van der Waals surface area contributed by atoms with Crippen LogP contribution in [-0.4, -0.2) is 6.03 Å². The molecule has 0 spiro atoms. The van der Waals surface area contributed by atoms with Crippen molar-refractivity contribution in [3.63, 3.8) is 0 Å². The molecule has 0 aliphatic carbocycles. The van der Waals surface area contributed by atoms with Crippen LogP contribution in [0.1, 0.15) is 0 Å². The van der Waals surface area contributed by atoms with E-state index in [1.165, 1.54) is 0 Å². The summed E-state index contributed by atoms with van der Waals surface area (Å²) in [5, 5.41) is 8.62. The van der Waals surface area contributed by atoms with E-state index in [0.717, 1.165) is 11.4 Å². The third-order valence-electron chi connectivity index (χ3n) is 3.02. The Hall–Kier alpha value is -2.73. The molecule has 0 saturated heterocycles. The van der Waals surface area contributed by atoms with E-state index in [2.05, 4.69) is 31.9 Å².